The van der Waals surface area contributed by atoms with Crippen LogP contribution >= 0.6 is 23.1 Å². The molecule has 1 aliphatic carbocycles. The predicted octanol–water partition coefficient (Wildman–Crippen LogP) is 3.23. The molecule has 2 aromatic rings. The third-order valence-electron chi connectivity index (χ3n) is 4.44. The third-order valence-corrected chi connectivity index (χ3v) is 6.20. The van der Waals surface area contributed by atoms with Crippen molar-refractivity contribution in [3.8, 4) is 0 Å². The number of ketones is 1. The lowest BCUT2D eigenvalue weighted by atomic mass is 9.93. The molecule has 4 rings (SSSR count). The Kier molecular flexibility index (Phi) is 4.02. The molecule has 24 heavy (non-hydrogen) atoms. The third kappa shape index (κ3) is 2.80. The maximum Gasteiger partial charge on any atom is 0.236 e. The van der Waals surface area contributed by atoms with E-state index in [-0.39, 0.29) is 11.7 Å². The molecule has 1 amide bonds. The second-order valence-corrected chi connectivity index (χ2v) is 7.99. The fourth-order valence-corrected chi connectivity index (χ4v) is 4.30. The van der Waals surface area contributed by atoms with E-state index in [1.807, 2.05) is 41.8 Å². The van der Waals surface area contributed by atoms with E-state index in [1.165, 1.54) is 11.3 Å². The van der Waals surface area contributed by atoms with Gasteiger partial charge in [0.1, 0.15) is 0 Å². The summed E-state index contributed by atoms with van der Waals surface area (Å²) >= 11 is 3.03. The summed E-state index contributed by atoms with van der Waals surface area (Å²) in [5.41, 5.74) is 1.19. The Labute approximate surface area is 148 Å². The first-order valence-electron chi connectivity index (χ1n) is 7.86. The summed E-state index contributed by atoms with van der Waals surface area (Å²) in [6.45, 7) is 0.771. The maximum absolute atomic E-state index is 12.6. The van der Waals surface area contributed by atoms with E-state index < -0.39 is 5.41 Å². The van der Waals surface area contributed by atoms with Crippen LogP contribution < -0.4 is 5.32 Å². The molecular formula is C18H16N2O2S2. The molecule has 1 aliphatic heterocycles. The number of carbonyl (C=O) groups is 2. The van der Waals surface area contributed by atoms with Gasteiger partial charge in [0, 0.05) is 11.3 Å². The van der Waals surface area contributed by atoms with Crippen LogP contribution in [0.4, 0.5) is 0 Å². The van der Waals surface area contributed by atoms with E-state index in [4.69, 9.17) is 0 Å². The zero-order valence-electron chi connectivity index (χ0n) is 13.0. The van der Waals surface area contributed by atoms with Crippen molar-refractivity contribution in [2.45, 2.75) is 18.3 Å². The highest BCUT2D eigenvalue weighted by atomic mass is 32.2. The normalized spacial score (nSPS) is 18.1. The number of thioether (sulfide) groups is 1. The summed E-state index contributed by atoms with van der Waals surface area (Å²) in [6.07, 6.45) is 1.68. The average Bonchev–Trinajstić information content (AvgIpc) is 3.01. The predicted molar refractivity (Wildman–Crippen MR) is 98.0 cm³/mol. The second-order valence-electron chi connectivity index (χ2n) is 5.96. The van der Waals surface area contributed by atoms with E-state index in [9.17, 15) is 9.59 Å². The lowest BCUT2D eigenvalue weighted by Crippen LogP contribution is -2.37. The van der Waals surface area contributed by atoms with Crippen molar-refractivity contribution >= 4 is 40.0 Å². The van der Waals surface area contributed by atoms with Gasteiger partial charge in [-0.3, -0.25) is 14.6 Å². The number of amidine groups is 1. The standard InChI is InChI=1S/C18H16N2O2S2/c21-15(14-2-1-10-23-14)12-3-5-13(6-4-12)18(7-8-18)16(22)20-17-19-9-11-24-17/h1-6,10H,7-9,11H2,(H,19,20,22). The Morgan fingerprint density at radius 3 is 2.50 bits per heavy atom. The van der Waals surface area contributed by atoms with Crippen LogP contribution in [-0.4, -0.2) is 29.2 Å². The van der Waals surface area contributed by atoms with Gasteiger partial charge >= 0.3 is 0 Å². The van der Waals surface area contributed by atoms with Crippen molar-refractivity contribution in [1.82, 2.24) is 5.32 Å². The van der Waals surface area contributed by atoms with Gasteiger partial charge < -0.3 is 5.32 Å². The van der Waals surface area contributed by atoms with Gasteiger partial charge in [0.15, 0.2) is 5.17 Å². The average molecular weight is 356 g/mol. The van der Waals surface area contributed by atoms with Crippen LogP contribution in [0.5, 0.6) is 0 Å². The highest BCUT2D eigenvalue weighted by Crippen LogP contribution is 2.48. The molecule has 0 radical (unpaired) electrons. The minimum Gasteiger partial charge on any atom is -0.305 e. The van der Waals surface area contributed by atoms with Crippen molar-refractivity contribution in [2.75, 3.05) is 12.3 Å². The number of amides is 1. The van der Waals surface area contributed by atoms with Gasteiger partial charge in [-0.15, -0.1) is 11.3 Å². The van der Waals surface area contributed by atoms with E-state index in [0.717, 1.165) is 40.7 Å². The van der Waals surface area contributed by atoms with E-state index in [1.54, 1.807) is 11.8 Å². The summed E-state index contributed by atoms with van der Waals surface area (Å²) in [5.74, 6) is 0.984. The van der Waals surface area contributed by atoms with Crippen LogP contribution in [0.15, 0.2) is 46.8 Å². The quantitative estimate of drug-likeness (QED) is 0.856. The molecule has 4 nitrogen and oxygen atoms in total. The largest absolute Gasteiger partial charge is 0.305 e. The molecule has 2 aliphatic rings. The molecule has 1 aromatic heterocycles. The van der Waals surface area contributed by atoms with Gasteiger partial charge in [0.25, 0.3) is 0 Å². The first-order chi connectivity index (χ1) is 11.7. The summed E-state index contributed by atoms with van der Waals surface area (Å²) in [4.78, 5) is 30.0. The Balaban J connectivity index is 1.52. The molecule has 0 saturated heterocycles. The number of thiophene rings is 1. The van der Waals surface area contributed by atoms with Crippen molar-refractivity contribution in [3.05, 3.63) is 57.8 Å². The molecule has 2 heterocycles. The smallest absolute Gasteiger partial charge is 0.236 e. The van der Waals surface area contributed by atoms with Gasteiger partial charge in [0.2, 0.25) is 11.7 Å². The van der Waals surface area contributed by atoms with Crippen molar-refractivity contribution < 1.29 is 9.59 Å². The van der Waals surface area contributed by atoms with Crippen molar-refractivity contribution in [1.29, 1.82) is 0 Å². The van der Waals surface area contributed by atoms with Crippen LogP contribution in [0, 0.1) is 0 Å². The lowest BCUT2D eigenvalue weighted by molar-refractivity contribution is -0.122. The second kappa shape index (κ2) is 6.18. The van der Waals surface area contributed by atoms with Gasteiger partial charge in [-0.1, -0.05) is 42.1 Å². The Hall–Kier alpha value is -1.92. The van der Waals surface area contributed by atoms with Crippen LogP contribution in [0.25, 0.3) is 0 Å². The monoisotopic (exact) mass is 356 g/mol. The van der Waals surface area contributed by atoms with Gasteiger partial charge in [-0.05, 0) is 29.9 Å². The van der Waals surface area contributed by atoms with Crippen molar-refractivity contribution in [3.63, 3.8) is 0 Å². The number of carbonyl (C=O) groups excluding carboxylic acids is 2. The number of nitrogens with one attached hydrogen (secondary N) is 1. The molecule has 1 fully saturated rings. The molecule has 1 N–H and O–H groups in total. The molecule has 122 valence electrons. The minimum atomic E-state index is -0.448. The Morgan fingerprint density at radius 2 is 1.92 bits per heavy atom. The van der Waals surface area contributed by atoms with Gasteiger partial charge in [-0.2, -0.15) is 0 Å². The number of hydrogen-bond donors (Lipinski definition) is 1. The Bertz CT molecular complexity index is 806. The van der Waals surface area contributed by atoms with E-state index in [0.29, 0.717) is 5.56 Å². The molecule has 0 unspecified atom stereocenters. The topological polar surface area (TPSA) is 58.5 Å². The van der Waals surface area contributed by atoms with E-state index in [2.05, 4.69) is 10.3 Å². The fourth-order valence-electron chi connectivity index (χ4n) is 2.89. The minimum absolute atomic E-state index is 0.0213. The SMILES string of the molecule is O=C(c1ccc(C2(C(=O)NC3=NCCS3)CC2)cc1)c1cccs1. The highest BCUT2D eigenvalue weighted by Gasteiger charge is 2.51. The molecule has 1 saturated carbocycles. The fraction of sp³-hybridized carbons (Fsp3) is 0.278. The van der Waals surface area contributed by atoms with Gasteiger partial charge in [-0.25, -0.2) is 0 Å². The Morgan fingerprint density at radius 1 is 1.12 bits per heavy atom. The van der Waals surface area contributed by atoms with Crippen LogP contribution in [0.3, 0.4) is 0 Å². The summed E-state index contributed by atoms with van der Waals surface area (Å²) < 4.78 is 0. The molecule has 0 atom stereocenters. The first kappa shape index (κ1) is 15.6. The summed E-state index contributed by atoms with van der Waals surface area (Å²) in [6, 6.07) is 11.2. The van der Waals surface area contributed by atoms with Crippen LogP contribution in [0.1, 0.15) is 33.6 Å². The summed E-state index contributed by atoms with van der Waals surface area (Å²) in [5, 5.41) is 5.58. The molecule has 0 spiro atoms. The lowest BCUT2D eigenvalue weighted by Gasteiger charge is -2.15. The number of hydrogen-bond acceptors (Lipinski definition) is 5. The zero-order chi connectivity index (χ0) is 16.6. The maximum atomic E-state index is 12.6. The number of nitrogens with zero attached hydrogens (tertiary/aromatic N) is 1. The van der Waals surface area contributed by atoms with E-state index >= 15 is 0 Å². The molecule has 0 bridgehead atoms. The van der Waals surface area contributed by atoms with Crippen LogP contribution in [0.2, 0.25) is 0 Å². The highest BCUT2D eigenvalue weighted by molar-refractivity contribution is 8.14. The zero-order valence-corrected chi connectivity index (χ0v) is 14.6. The van der Waals surface area contributed by atoms with Crippen LogP contribution in [-0.2, 0) is 10.2 Å². The molecule has 6 heteroatoms. The molecular weight excluding hydrogens is 340 g/mol. The first-order valence-corrected chi connectivity index (χ1v) is 9.73. The number of rotatable bonds is 4. The number of benzene rings is 1. The molecule has 1 aromatic carbocycles. The van der Waals surface area contributed by atoms with Gasteiger partial charge in [0.05, 0.1) is 16.8 Å². The number of aliphatic imine (C=N–C) groups is 1. The summed E-state index contributed by atoms with van der Waals surface area (Å²) in [7, 11) is 0. The van der Waals surface area contributed by atoms with Crippen molar-refractivity contribution in [2.24, 2.45) is 4.99 Å².